The highest BCUT2D eigenvalue weighted by Crippen LogP contribution is 2.23. The first-order valence-electron chi connectivity index (χ1n) is 7.16. The maximum Gasteiger partial charge on any atom is 0.341 e. The van der Waals surface area contributed by atoms with Crippen molar-refractivity contribution in [2.75, 3.05) is 11.9 Å². The number of hydrogen-bond acceptors (Lipinski definition) is 4. The molecule has 0 saturated heterocycles. The Labute approximate surface area is 133 Å². The third-order valence-electron chi connectivity index (χ3n) is 3.11. The molecular weight excluding hydrogens is 298 g/mol. The van der Waals surface area contributed by atoms with Gasteiger partial charge in [0.25, 0.3) is 5.91 Å². The zero-order valence-corrected chi connectivity index (χ0v) is 13.2. The molecule has 7 nitrogen and oxygen atoms in total. The van der Waals surface area contributed by atoms with Gasteiger partial charge in [-0.05, 0) is 24.1 Å². The van der Waals surface area contributed by atoms with Gasteiger partial charge < -0.3 is 15.2 Å². The lowest BCUT2D eigenvalue weighted by Crippen LogP contribution is -2.14. The molecule has 2 N–H and O–H groups in total. The van der Waals surface area contributed by atoms with Gasteiger partial charge in [-0.25, -0.2) is 4.79 Å². The van der Waals surface area contributed by atoms with E-state index in [0.29, 0.717) is 17.0 Å². The standard InChI is InChI=1S/C16H19N3O4/c1-10(2)15-13(8-19(3)18-15)17-16(22)11-5-4-6-12(7-11)23-9-14(20)21/h4-8,10H,9H2,1-3H3,(H,17,22)(H,20,21). The van der Waals surface area contributed by atoms with E-state index in [4.69, 9.17) is 9.84 Å². The van der Waals surface area contributed by atoms with Crippen molar-refractivity contribution >= 4 is 17.6 Å². The number of nitrogens with zero attached hydrogens (tertiary/aromatic N) is 2. The van der Waals surface area contributed by atoms with E-state index in [0.717, 1.165) is 5.69 Å². The summed E-state index contributed by atoms with van der Waals surface area (Å²) in [6.07, 6.45) is 1.75. The van der Waals surface area contributed by atoms with Crippen molar-refractivity contribution < 1.29 is 19.4 Å². The van der Waals surface area contributed by atoms with Gasteiger partial charge in [-0.3, -0.25) is 9.48 Å². The molecule has 0 atom stereocenters. The van der Waals surface area contributed by atoms with Gasteiger partial charge in [-0.2, -0.15) is 5.10 Å². The van der Waals surface area contributed by atoms with Crippen LogP contribution in [0.3, 0.4) is 0 Å². The van der Waals surface area contributed by atoms with Crippen LogP contribution in [0.2, 0.25) is 0 Å². The Morgan fingerprint density at radius 2 is 2.13 bits per heavy atom. The molecule has 0 unspecified atom stereocenters. The summed E-state index contributed by atoms with van der Waals surface area (Å²) in [6, 6.07) is 6.38. The SMILES string of the molecule is CC(C)c1nn(C)cc1NC(=O)c1cccc(OCC(=O)O)c1. The van der Waals surface area contributed by atoms with Gasteiger partial charge >= 0.3 is 5.97 Å². The van der Waals surface area contributed by atoms with E-state index in [9.17, 15) is 9.59 Å². The third kappa shape index (κ3) is 4.32. The van der Waals surface area contributed by atoms with Gasteiger partial charge in [0.2, 0.25) is 0 Å². The van der Waals surface area contributed by atoms with Crippen molar-refractivity contribution in [3.05, 3.63) is 41.7 Å². The number of benzene rings is 1. The number of aliphatic carboxylic acids is 1. The molecule has 2 aromatic rings. The minimum atomic E-state index is -1.07. The number of carboxylic acid groups (broad SMARTS) is 1. The minimum Gasteiger partial charge on any atom is -0.482 e. The van der Waals surface area contributed by atoms with Crippen LogP contribution in [0.15, 0.2) is 30.5 Å². The lowest BCUT2D eigenvalue weighted by atomic mass is 10.1. The molecule has 1 heterocycles. The van der Waals surface area contributed by atoms with Gasteiger partial charge in [-0.15, -0.1) is 0 Å². The molecule has 0 radical (unpaired) electrons. The van der Waals surface area contributed by atoms with Crippen LogP contribution in [0.25, 0.3) is 0 Å². The maximum atomic E-state index is 12.4. The number of aromatic nitrogens is 2. The zero-order valence-electron chi connectivity index (χ0n) is 13.2. The smallest absolute Gasteiger partial charge is 0.341 e. The fourth-order valence-corrected chi connectivity index (χ4v) is 2.10. The highest BCUT2D eigenvalue weighted by Gasteiger charge is 2.15. The molecule has 23 heavy (non-hydrogen) atoms. The van der Waals surface area contributed by atoms with E-state index in [-0.39, 0.29) is 11.8 Å². The van der Waals surface area contributed by atoms with E-state index in [1.54, 1.807) is 36.1 Å². The number of carbonyl (C=O) groups is 2. The van der Waals surface area contributed by atoms with Crippen molar-refractivity contribution in [2.24, 2.45) is 7.05 Å². The predicted octanol–water partition coefficient (Wildman–Crippen LogP) is 2.26. The van der Waals surface area contributed by atoms with Crippen LogP contribution in [0.5, 0.6) is 5.75 Å². The molecule has 1 amide bonds. The topological polar surface area (TPSA) is 93.5 Å². The summed E-state index contributed by atoms with van der Waals surface area (Å²) in [6.45, 7) is 3.54. The fourth-order valence-electron chi connectivity index (χ4n) is 2.10. The summed E-state index contributed by atoms with van der Waals surface area (Å²) in [5.74, 6) is -0.871. The average Bonchev–Trinajstić information content (AvgIpc) is 2.86. The molecule has 1 aromatic heterocycles. The van der Waals surface area contributed by atoms with Crippen LogP contribution in [0.1, 0.15) is 35.8 Å². The Bertz CT molecular complexity index is 722. The maximum absolute atomic E-state index is 12.4. The van der Waals surface area contributed by atoms with E-state index in [1.807, 2.05) is 13.8 Å². The summed E-state index contributed by atoms with van der Waals surface area (Å²) in [5.41, 5.74) is 1.84. The monoisotopic (exact) mass is 317 g/mol. The molecule has 122 valence electrons. The van der Waals surface area contributed by atoms with Crippen LogP contribution in [0.4, 0.5) is 5.69 Å². The zero-order chi connectivity index (χ0) is 17.0. The van der Waals surface area contributed by atoms with E-state index >= 15 is 0 Å². The van der Waals surface area contributed by atoms with Crippen molar-refractivity contribution in [1.29, 1.82) is 0 Å². The molecule has 0 bridgehead atoms. The van der Waals surface area contributed by atoms with E-state index in [2.05, 4.69) is 10.4 Å². The van der Waals surface area contributed by atoms with Gasteiger partial charge in [0.05, 0.1) is 11.4 Å². The molecule has 7 heteroatoms. The lowest BCUT2D eigenvalue weighted by Gasteiger charge is -2.09. The van der Waals surface area contributed by atoms with Gasteiger partial charge in [0.15, 0.2) is 6.61 Å². The van der Waals surface area contributed by atoms with Gasteiger partial charge in [0, 0.05) is 18.8 Å². The molecule has 0 aliphatic carbocycles. The first-order valence-corrected chi connectivity index (χ1v) is 7.16. The normalized spacial score (nSPS) is 10.6. The number of hydrogen-bond donors (Lipinski definition) is 2. The Hall–Kier alpha value is -2.83. The first kappa shape index (κ1) is 16.5. The van der Waals surface area contributed by atoms with Crippen molar-refractivity contribution in [3.63, 3.8) is 0 Å². The van der Waals surface area contributed by atoms with Crippen LogP contribution in [-0.2, 0) is 11.8 Å². The second-order valence-electron chi connectivity index (χ2n) is 5.42. The highest BCUT2D eigenvalue weighted by molar-refractivity contribution is 6.04. The van der Waals surface area contributed by atoms with Crippen molar-refractivity contribution in [1.82, 2.24) is 9.78 Å². The summed E-state index contributed by atoms with van der Waals surface area (Å²) in [5, 5.41) is 15.8. The summed E-state index contributed by atoms with van der Waals surface area (Å²) in [7, 11) is 1.79. The molecule has 2 rings (SSSR count). The Morgan fingerprint density at radius 1 is 1.39 bits per heavy atom. The number of nitrogens with one attached hydrogen (secondary N) is 1. The number of aryl methyl sites for hydroxylation is 1. The quantitative estimate of drug-likeness (QED) is 0.852. The van der Waals surface area contributed by atoms with E-state index in [1.165, 1.54) is 6.07 Å². The lowest BCUT2D eigenvalue weighted by molar-refractivity contribution is -0.139. The molecule has 0 aliphatic heterocycles. The number of amides is 1. The molecule has 0 saturated carbocycles. The largest absolute Gasteiger partial charge is 0.482 e. The molecule has 0 spiro atoms. The number of carboxylic acids is 1. The minimum absolute atomic E-state index is 0.178. The fraction of sp³-hybridized carbons (Fsp3) is 0.312. The summed E-state index contributed by atoms with van der Waals surface area (Å²) < 4.78 is 6.73. The molecule has 0 fully saturated rings. The second-order valence-corrected chi connectivity index (χ2v) is 5.42. The van der Waals surface area contributed by atoms with Gasteiger partial charge in [-0.1, -0.05) is 19.9 Å². The highest BCUT2D eigenvalue weighted by atomic mass is 16.5. The summed E-state index contributed by atoms with van der Waals surface area (Å²) in [4.78, 5) is 22.9. The van der Waals surface area contributed by atoms with Crippen LogP contribution < -0.4 is 10.1 Å². The Kier molecular flexibility index (Phi) is 5.00. The van der Waals surface area contributed by atoms with Crippen LogP contribution in [-0.4, -0.2) is 33.4 Å². The van der Waals surface area contributed by atoms with Crippen LogP contribution in [0, 0.1) is 0 Å². The first-order chi connectivity index (χ1) is 10.9. The van der Waals surface area contributed by atoms with E-state index < -0.39 is 12.6 Å². The molecule has 1 aromatic carbocycles. The third-order valence-corrected chi connectivity index (χ3v) is 3.11. The summed E-state index contributed by atoms with van der Waals surface area (Å²) >= 11 is 0. The van der Waals surface area contributed by atoms with Crippen LogP contribution >= 0.6 is 0 Å². The van der Waals surface area contributed by atoms with Gasteiger partial charge in [0.1, 0.15) is 5.75 Å². The average molecular weight is 317 g/mol. The number of anilines is 1. The molecular formula is C16H19N3O4. The Morgan fingerprint density at radius 3 is 2.78 bits per heavy atom. The van der Waals surface area contributed by atoms with Crippen molar-refractivity contribution in [3.8, 4) is 5.75 Å². The molecule has 0 aliphatic rings. The number of ether oxygens (including phenoxy) is 1. The van der Waals surface area contributed by atoms with Crippen molar-refractivity contribution in [2.45, 2.75) is 19.8 Å². The number of rotatable bonds is 6. The second kappa shape index (κ2) is 6.95. The Balaban J connectivity index is 2.15. The predicted molar refractivity (Wildman–Crippen MR) is 84.8 cm³/mol. The number of carbonyl (C=O) groups excluding carboxylic acids is 1.